The number of nitrogens with two attached hydrogens (primary N) is 1. The van der Waals surface area contributed by atoms with Crippen LogP contribution in [0.3, 0.4) is 0 Å². The molecule has 2 atom stereocenters. The van der Waals surface area contributed by atoms with Crippen molar-refractivity contribution in [1.29, 1.82) is 0 Å². The van der Waals surface area contributed by atoms with Crippen LogP contribution in [0.5, 0.6) is 0 Å². The van der Waals surface area contributed by atoms with Crippen LogP contribution in [0.2, 0.25) is 0 Å². The van der Waals surface area contributed by atoms with E-state index in [2.05, 4.69) is 15.9 Å². The number of halogens is 2. The molecule has 0 aliphatic heterocycles. The summed E-state index contributed by atoms with van der Waals surface area (Å²) in [5.41, 5.74) is 6.12. The molecule has 72 valence electrons. The average Bonchev–Trinajstić information content (AvgIpc) is 2.03. The summed E-state index contributed by atoms with van der Waals surface area (Å²) in [5.74, 6) is -0.340. The lowest BCUT2D eigenvalue weighted by atomic mass is 10.0. The molecule has 13 heavy (non-hydrogen) atoms. The second kappa shape index (κ2) is 4.17. The quantitative estimate of drug-likeness (QED) is 0.840. The summed E-state index contributed by atoms with van der Waals surface area (Å²) in [6.07, 6.45) is -0.769. The van der Waals surface area contributed by atoms with E-state index in [0.29, 0.717) is 10.0 Å². The number of benzene rings is 1. The molecular formula is C9H11BrFNO. The first-order chi connectivity index (χ1) is 6.02. The summed E-state index contributed by atoms with van der Waals surface area (Å²) >= 11 is 3.16. The highest BCUT2D eigenvalue weighted by atomic mass is 79.9. The van der Waals surface area contributed by atoms with Crippen molar-refractivity contribution >= 4 is 15.9 Å². The Morgan fingerprint density at radius 1 is 1.54 bits per heavy atom. The molecule has 1 rings (SSSR count). The van der Waals surface area contributed by atoms with Gasteiger partial charge >= 0.3 is 0 Å². The van der Waals surface area contributed by atoms with E-state index in [9.17, 15) is 9.50 Å². The smallest absolute Gasteiger partial charge is 0.124 e. The normalized spacial score (nSPS) is 15.5. The number of hydrogen-bond acceptors (Lipinski definition) is 2. The van der Waals surface area contributed by atoms with Crippen LogP contribution >= 0.6 is 15.9 Å². The van der Waals surface area contributed by atoms with Crippen LogP contribution in [0.25, 0.3) is 0 Å². The third-order valence-corrected chi connectivity index (χ3v) is 2.47. The van der Waals surface area contributed by atoms with Crippen molar-refractivity contribution in [3.63, 3.8) is 0 Å². The average molecular weight is 248 g/mol. The van der Waals surface area contributed by atoms with Gasteiger partial charge in [0.25, 0.3) is 0 Å². The highest BCUT2D eigenvalue weighted by molar-refractivity contribution is 9.10. The van der Waals surface area contributed by atoms with Gasteiger partial charge in [0.05, 0.1) is 6.10 Å². The molecule has 0 saturated carbocycles. The van der Waals surface area contributed by atoms with Gasteiger partial charge in [-0.25, -0.2) is 4.39 Å². The molecule has 0 aromatic heterocycles. The minimum Gasteiger partial charge on any atom is -0.387 e. The number of hydrogen-bond donors (Lipinski definition) is 2. The fourth-order valence-corrected chi connectivity index (χ4v) is 1.61. The Bertz CT molecular complexity index is 304. The van der Waals surface area contributed by atoms with E-state index < -0.39 is 6.10 Å². The molecule has 0 bridgehead atoms. The Labute approximate surface area is 84.7 Å². The van der Waals surface area contributed by atoms with Crippen molar-refractivity contribution in [3.8, 4) is 0 Å². The molecule has 3 N–H and O–H groups in total. The lowest BCUT2D eigenvalue weighted by molar-refractivity contribution is 0.152. The fraction of sp³-hybridized carbons (Fsp3) is 0.333. The maximum absolute atomic E-state index is 12.7. The van der Waals surface area contributed by atoms with Crippen molar-refractivity contribution in [2.75, 3.05) is 0 Å². The molecule has 1 aromatic rings. The zero-order valence-electron chi connectivity index (χ0n) is 7.17. The van der Waals surface area contributed by atoms with Gasteiger partial charge in [0.15, 0.2) is 0 Å². The summed E-state index contributed by atoms with van der Waals surface area (Å²) < 4.78 is 13.2. The first-order valence-corrected chi connectivity index (χ1v) is 4.70. The predicted octanol–water partition coefficient (Wildman–Crippen LogP) is 1.97. The van der Waals surface area contributed by atoms with Gasteiger partial charge in [0.2, 0.25) is 0 Å². The number of aliphatic hydroxyl groups excluding tert-OH is 1. The van der Waals surface area contributed by atoms with Crippen LogP contribution in [-0.4, -0.2) is 11.1 Å². The third-order valence-electron chi connectivity index (χ3n) is 1.78. The van der Waals surface area contributed by atoms with Gasteiger partial charge in [0, 0.05) is 10.5 Å². The summed E-state index contributed by atoms with van der Waals surface area (Å²) in [6.45, 7) is 1.69. The van der Waals surface area contributed by atoms with E-state index in [0.717, 1.165) is 0 Å². The summed E-state index contributed by atoms with van der Waals surface area (Å²) in [7, 11) is 0. The Kier molecular flexibility index (Phi) is 3.41. The molecule has 0 radical (unpaired) electrons. The number of aliphatic hydroxyl groups is 1. The lowest BCUT2D eigenvalue weighted by Crippen LogP contribution is -2.24. The minimum atomic E-state index is -0.769. The van der Waals surface area contributed by atoms with E-state index in [1.165, 1.54) is 18.2 Å². The van der Waals surface area contributed by atoms with Crippen molar-refractivity contribution in [2.24, 2.45) is 5.73 Å². The Morgan fingerprint density at radius 2 is 2.15 bits per heavy atom. The maximum atomic E-state index is 12.7. The molecule has 0 amide bonds. The van der Waals surface area contributed by atoms with Crippen molar-refractivity contribution in [3.05, 3.63) is 34.1 Å². The molecule has 4 heteroatoms. The van der Waals surface area contributed by atoms with Gasteiger partial charge in [-0.15, -0.1) is 0 Å². The van der Waals surface area contributed by atoms with Gasteiger partial charge in [0.1, 0.15) is 5.82 Å². The largest absolute Gasteiger partial charge is 0.387 e. The monoisotopic (exact) mass is 247 g/mol. The molecule has 0 fully saturated rings. The zero-order valence-corrected chi connectivity index (χ0v) is 8.75. The lowest BCUT2D eigenvalue weighted by Gasteiger charge is -2.16. The topological polar surface area (TPSA) is 46.2 Å². The van der Waals surface area contributed by atoms with E-state index in [-0.39, 0.29) is 11.9 Å². The second-order valence-electron chi connectivity index (χ2n) is 2.97. The number of rotatable bonds is 2. The standard InChI is InChI=1S/C9H11BrFNO/c1-5(12)9(13)7-3-2-6(11)4-8(7)10/h2-5,9,13H,12H2,1H3. The van der Waals surface area contributed by atoms with Gasteiger partial charge in [-0.1, -0.05) is 22.0 Å². The van der Waals surface area contributed by atoms with Crippen LogP contribution in [0, 0.1) is 5.82 Å². The van der Waals surface area contributed by atoms with Crippen LogP contribution in [-0.2, 0) is 0 Å². The van der Waals surface area contributed by atoms with Gasteiger partial charge in [-0.05, 0) is 24.6 Å². The van der Waals surface area contributed by atoms with Gasteiger partial charge in [-0.2, -0.15) is 0 Å². The highest BCUT2D eigenvalue weighted by Gasteiger charge is 2.15. The maximum Gasteiger partial charge on any atom is 0.124 e. The SMILES string of the molecule is CC(N)C(O)c1ccc(F)cc1Br. The molecule has 0 aliphatic carbocycles. The van der Waals surface area contributed by atoms with Gasteiger partial charge in [-0.3, -0.25) is 0 Å². The third kappa shape index (κ3) is 2.49. The van der Waals surface area contributed by atoms with Crippen LogP contribution in [0.15, 0.2) is 22.7 Å². The second-order valence-corrected chi connectivity index (χ2v) is 3.82. The van der Waals surface area contributed by atoms with Crippen molar-refractivity contribution < 1.29 is 9.50 Å². The molecule has 0 heterocycles. The first-order valence-electron chi connectivity index (χ1n) is 3.91. The summed E-state index contributed by atoms with van der Waals surface area (Å²) in [6, 6.07) is 3.75. The highest BCUT2D eigenvalue weighted by Crippen LogP contribution is 2.25. The minimum absolute atomic E-state index is 0.340. The van der Waals surface area contributed by atoms with Crippen molar-refractivity contribution in [1.82, 2.24) is 0 Å². The molecule has 2 nitrogen and oxygen atoms in total. The van der Waals surface area contributed by atoms with E-state index in [4.69, 9.17) is 5.73 Å². The summed E-state index contributed by atoms with van der Waals surface area (Å²) in [5, 5.41) is 9.59. The van der Waals surface area contributed by atoms with Crippen LogP contribution < -0.4 is 5.73 Å². The predicted molar refractivity (Wildman–Crippen MR) is 52.7 cm³/mol. The van der Waals surface area contributed by atoms with Crippen LogP contribution in [0.4, 0.5) is 4.39 Å². The van der Waals surface area contributed by atoms with Crippen molar-refractivity contribution in [2.45, 2.75) is 19.1 Å². The molecule has 0 spiro atoms. The first kappa shape index (κ1) is 10.6. The Balaban J connectivity index is 3.01. The molecule has 0 saturated heterocycles. The fourth-order valence-electron chi connectivity index (χ4n) is 1.02. The molecule has 0 aliphatic rings. The van der Waals surface area contributed by atoms with Crippen LogP contribution in [0.1, 0.15) is 18.6 Å². The Hall–Kier alpha value is -0.450. The molecule has 2 unspecified atom stereocenters. The summed E-state index contributed by atoms with van der Waals surface area (Å²) in [4.78, 5) is 0. The van der Waals surface area contributed by atoms with E-state index in [1.807, 2.05) is 0 Å². The van der Waals surface area contributed by atoms with E-state index in [1.54, 1.807) is 6.92 Å². The Morgan fingerprint density at radius 3 is 2.62 bits per heavy atom. The van der Waals surface area contributed by atoms with E-state index >= 15 is 0 Å². The molecule has 1 aromatic carbocycles. The van der Waals surface area contributed by atoms with Gasteiger partial charge < -0.3 is 10.8 Å². The molecular weight excluding hydrogens is 237 g/mol. The zero-order chi connectivity index (χ0) is 10.0.